The number of rotatable bonds is 4. The van der Waals surface area contributed by atoms with Crippen molar-refractivity contribution in [3.63, 3.8) is 0 Å². The van der Waals surface area contributed by atoms with Crippen LogP contribution in [0.2, 0.25) is 0 Å². The number of alkyl halides is 2. The van der Waals surface area contributed by atoms with Gasteiger partial charge in [-0.3, -0.25) is 14.6 Å². The Bertz CT molecular complexity index is 359. The molecule has 2 rings (SSSR count). The number of halogens is 2. The zero-order chi connectivity index (χ0) is 15.5. The van der Waals surface area contributed by atoms with Gasteiger partial charge in [-0.15, -0.1) is 0 Å². The van der Waals surface area contributed by atoms with Crippen LogP contribution in [0.4, 0.5) is 8.78 Å². The normalized spacial score (nSPS) is 28.5. The first-order valence-corrected chi connectivity index (χ1v) is 7.65. The van der Waals surface area contributed by atoms with Crippen molar-refractivity contribution in [1.82, 2.24) is 20.0 Å². The molecule has 1 N–H and O–H groups in total. The molecule has 7 heteroatoms. The summed E-state index contributed by atoms with van der Waals surface area (Å²) in [7, 11) is 2.10. The second kappa shape index (κ2) is 6.98. The quantitative estimate of drug-likeness (QED) is 0.798. The van der Waals surface area contributed by atoms with Gasteiger partial charge in [-0.1, -0.05) is 0 Å². The van der Waals surface area contributed by atoms with E-state index in [9.17, 15) is 13.6 Å². The van der Waals surface area contributed by atoms with E-state index >= 15 is 0 Å². The third-order valence-electron chi connectivity index (χ3n) is 4.38. The Kier molecular flexibility index (Phi) is 5.51. The van der Waals surface area contributed by atoms with Gasteiger partial charge in [-0.25, -0.2) is 8.78 Å². The molecule has 1 unspecified atom stereocenters. The number of hydrogen-bond donors (Lipinski definition) is 1. The SMILES string of the molecule is CC(=O)NC1CCN(CCN2CCN(C)CC2)CC1(F)F. The minimum atomic E-state index is -2.84. The van der Waals surface area contributed by atoms with Crippen molar-refractivity contribution in [3.8, 4) is 0 Å². The first-order chi connectivity index (χ1) is 9.87. The first kappa shape index (κ1) is 16.6. The summed E-state index contributed by atoms with van der Waals surface area (Å²) < 4.78 is 28.0. The van der Waals surface area contributed by atoms with Gasteiger partial charge in [0.25, 0.3) is 5.92 Å². The Morgan fingerprint density at radius 2 is 1.76 bits per heavy atom. The van der Waals surface area contributed by atoms with E-state index in [0.717, 1.165) is 32.7 Å². The summed E-state index contributed by atoms with van der Waals surface area (Å²) in [5.74, 6) is -3.22. The van der Waals surface area contributed by atoms with E-state index in [1.807, 2.05) is 4.90 Å². The van der Waals surface area contributed by atoms with Crippen molar-refractivity contribution in [1.29, 1.82) is 0 Å². The second-order valence-electron chi connectivity index (χ2n) is 6.22. The highest BCUT2D eigenvalue weighted by Gasteiger charge is 2.44. The lowest BCUT2D eigenvalue weighted by molar-refractivity contribution is -0.129. The molecule has 0 bridgehead atoms. The van der Waals surface area contributed by atoms with E-state index in [-0.39, 0.29) is 12.5 Å². The standard InChI is InChI=1S/C14H26F2N4O/c1-12(21)17-13-3-4-20(11-14(13,15)16)10-9-19-7-5-18(2)6-8-19/h13H,3-11H2,1-2H3,(H,17,21). The fourth-order valence-corrected chi connectivity index (χ4v) is 2.98. The number of hydrogen-bond acceptors (Lipinski definition) is 4. The van der Waals surface area contributed by atoms with Crippen molar-refractivity contribution >= 4 is 5.91 Å². The van der Waals surface area contributed by atoms with Crippen molar-refractivity contribution in [2.24, 2.45) is 0 Å². The van der Waals surface area contributed by atoms with Gasteiger partial charge >= 0.3 is 0 Å². The number of likely N-dealkylation sites (N-methyl/N-ethyl adjacent to an activating group) is 1. The number of likely N-dealkylation sites (tertiary alicyclic amines) is 1. The van der Waals surface area contributed by atoms with E-state index in [0.29, 0.717) is 19.5 Å². The Morgan fingerprint density at radius 3 is 2.33 bits per heavy atom. The van der Waals surface area contributed by atoms with Crippen molar-refractivity contribution in [3.05, 3.63) is 0 Å². The summed E-state index contributed by atoms with van der Waals surface area (Å²) in [5.41, 5.74) is 0. The Balaban J connectivity index is 1.75. The fraction of sp³-hybridized carbons (Fsp3) is 0.929. The molecule has 2 fully saturated rings. The summed E-state index contributed by atoms with van der Waals surface area (Å²) in [6.45, 7) is 7.27. The summed E-state index contributed by atoms with van der Waals surface area (Å²) in [6.07, 6.45) is 0.315. The van der Waals surface area contributed by atoms with Crippen LogP contribution in [0, 0.1) is 0 Å². The summed E-state index contributed by atoms with van der Waals surface area (Å²) in [4.78, 5) is 17.4. The number of amides is 1. The number of nitrogens with one attached hydrogen (secondary N) is 1. The molecule has 2 saturated heterocycles. The van der Waals surface area contributed by atoms with Crippen LogP contribution in [0.3, 0.4) is 0 Å². The number of carbonyl (C=O) groups excluding carboxylic acids is 1. The molecule has 1 atom stereocenters. The van der Waals surface area contributed by atoms with E-state index in [2.05, 4.69) is 22.2 Å². The number of nitrogens with zero attached hydrogens (tertiary/aromatic N) is 3. The molecule has 0 aliphatic carbocycles. The van der Waals surface area contributed by atoms with Crippen LogP contribution in [-0.2, 0) is 4.79 Å². The molecule has 122 valence electrons. The van der Waals surface area contributed by atoms with Gasteiger partial charge in [0, 0.05) is 52.7 Å². The van der Waals surface area contributed by atoms with Crippen LogP contribution < -0.4 is 5.32 Å². The molecule has 0 saturated carbocycles. The van der Waals surface area contributed by atoms with Gasteiger partial charge in [0.05, 0.1) is 12.6 Å². The summed E-state index contributed by atoms with van der Waals surface area (Å²) in [5, 5.41) is 2.37. The Labute approximate surface area is 125 Å². The lowest BCUT2D eigenvalue weighted by atomic mass is 10.0. The van der Waals surface area contributed by atoms with Gasteiger partial charge < -0.3 is 10.2 Å². The average Bonchev–Trinajstić information content (AvgIpc) is 2.40. The predicted octanol–water partition coefficient (Wildman–Crippen LogP) is 0.0795. The van der Waals surface area contributed by atoms with E-state index in [1.54, 1.807) is 0 Å². The van der Waals surface area contributed by atoms with Crippen LogP contribution in [-0.4, -0.2) is 92.0 Å². The van der Waals surface area contributed by atoms with Crippen molar-refractivity contribution in [2.45, 2.75) is 25.3 Å². The maximum Gasteiger partial charge on any atom is 0.280 e. The average molecular weight is 304 g/mol. The van der Waals surface area contributed by atoms with E-state index in [4.69, 9.17) is 0 Å². The van der Waals surface area contributed by atoms with E-state index in [1.165, 1.54) is 6.92 Å². The molecule has 0 aromatic rings. The Morgan fingerprint density at radius 1 is 1.14 bits per heavy atom. The number of carbonyl (C=O) groups is 1. The molecule has 2 aliphatic rings. The lowest BCUT2D eigenvalue weighted by Crippen LogP contribution is -2.59. The number of piperidine rings is 1. The minimum Gasteiger partial charge on any atom is -0.347 e. The van der Waals surface area contributed by atoms with Gasteiger partial charge in [0.1, 0.15) is 0 Å². The van der Waals surface area contributed by atoms with Crippen LogP contribution >= 0.6 is 0 Å². The monoisotopic (exact) mass is 304 g/mol. The van der Waals surface area contributed by atoms with Gasteiger partial charge in [-0.05, 0) is 13.5 Å². The molecule has 2 aliphatic heterocycles. The maximum atomic E-state index is 14.0. The van der Waals surface area contributed by atoms with Gasteiger partial charge in [0.2, 0.25) is 5.91 Å². The smallest absolute Gasteiger partial charge is 0.280 e. The fourth-order valence-electron chi connectivity index (χ4n) is 2.98. The van der Waals surface area contributed by atoms with Crippen molar-refractivity contribution < 1.29 is 13.6 Å². The zero-order valence-corrected chi connectivity index (χ0v) is 12.9. The first-order valence-electron chi connectivity index (χ1n) is 7.65. The highest BCUT2D eigenvalue weighted by Crippen LogP contribution is 2.27. The van der Waals surface area contributed by atoms with Crippen molar-refractivity contribution in [2.75, 3.05) is 59.4 Å². The largest absolute Gasteiger partial charge is 0.347 e. The predicted molar refractivity (Wildman–Crippen MR) is 77.5 cm³/mol. The maximum absolute atomic E-state index is 14.0. The number of piperazine rings is 1. The molecule has 0 aromatic heterocycles. The lowest BCUT2D eigenvalue weighted by Gasteiger charge is -2.40. The molecular formula is C14H26F2N4O. The van der Waals surface area contributed by atoms with Crippen LogP contribution in [0.1, 0.15) is 13.3 Å². The minimum absolute atomic E-state index is 0.258. The topological polar surface area (TPSA) is 38.8 Å². The Hall–Kier alpha value is -0.790. The third kappa shape index (κ3) is 4.86. The highest BCUT2D eigenvalue weighted by molar-refractivity contribution is 5.73. The van der Waals surface area contributed by atoms with Gasteiger partial charge in [-0.2, -0.15) is 0 Å². The third-order valence-corrected chi connectivity index (χ3v) is 4.38. The van der Waals surface area contributed by atoms with Crippen LogP contribution in [0.5, 0.6) is 0 Å². The molecule has 21 heavy (non-hydrogen) atoms. The van der Waals surface area contributed by atoms with E-state index < -0.39 is 12.0 Å². The van der Waals surface area contributed by atoms with Crippen LogP contribution in [0.15, 0.2) is 0 Å². The summed E-state index contributed by atoms with van der Waals surface area (Å²) >= 11 is 0. The summed E-state index contributed by atoms with van der Waals surface area (Å²) in [6, 6.07) is -1.02. The molecule has 0 spiro atoms. The molecule has 2 heterocycles. The van der Waals surface area contributed by atoms with Crippen LogP contribution in [0.25, 0.3) is 0 Å². The molecule has 5 nitrogen and oxygen atoms in total. The molecule has 0 aromatic carbocycles. The molecular weight excluding hydrogens is 278 g/mol. The zero-order valence-electron chi connectivity index (χ0n) is 12.9. The molecule has 1 amide bonds. The highest BCUT2D eigenvalue weighted by atomic mass is 19.3. The second-order valence-corrected chi connectivity index (χ2v) is 6.22. The molecule has 0 radical (unpaired) electrons. The van der Waals surface area contributed by atoms with Gasteiger partial charge in [0.15, 0.2) is 0 Å².